The second-order valence-corrected chi connectivity index (χ2v) is 7.45. The van der Waals surface area contributed by atoms with Gasteiger partial charge in [-0.25, -0.2) is 4.79 Å². The van der Waals surface area contributed by atoms with Gasteiger partial charge in [0.1, 0.15) is 6.04 Å². The Hall–Kier alpha value is -3.41. The first-order valence-electron chi connectivity index (χ1n) is 10.3. The van der Waals surface area contributed by atoms with Gasteiger partial charge < -0.3 is 15.0 Å². The third kappa shape index (κ3) is 8.09. The van der Waals surface area contributed by atoms with Crippen molar-refractivity contribution in [2.45, 2.75) is 31.7 Å². The molecule has 1 unspecified atom stereocenters. The number of hydrogen-bond donors (Lipinski definition) is 1. The van der Waals surface area contributed by atoms with Crippen molar-refractivity contribution in [3.63, 3.8) is 0 Å². The van der Waals surface area contributed by atoms with Crippen LogP contribution in [0.5, 0.6) is 0 Å². The van der Waals surface area contributed by atoms with Gasteiger partial charge in [0.25, 0.3) is 5.91 Å². The van der Waals surface area contributed by atoms with Crippen molar-refractivity contribution >= 4 is 23.9 Å². The van der Waals surface area contributed by atoms with Crippen LogP contribution in [0.15, 0.2) is 60.7 Å². The zero-order valence-electron chi connectivity index (χ0n) is 18.3. The topological polar surface area (TPSA) is 75.7 Å². The fraction of sp³-hybridized carbons (Fsp3) is 0.320. The van der Waals surface area contributed by atoms with E-state index in [4.69, 9.17) is 4.74 Å². The van der Waals surface area contributed by atoms with Crippen LogP contribution in [-0.2, 0) is 20.7 Å². The average Bonchev–Trinajstić information content (AvgIpc) is 2.78. The summed E-state index contributed by atoms with van der Waals surface area (Å²) in [7, 11) is 4.81. The number of carbonyl (C=O) groups excluding carboxylic acids is 3. The summed E-state index contributed by atoms with van der Waals surface area (Å²) < 4.78 is 4.86. The monoisotopic (exact) mass is 422 g/mol. The van der Waals surface area contributed by atoms with Crippen molar-refractivity contribution < 1.29 is 19.1 Å². The lowest BCUT2D eigenvalue weighted by molar-refractivity contribution is -0.142. The van der Waals surface area contributed by atoms with Crippen LogP contribution in [0.25, 0.3) is 6.08 Å². The van der Waals surface area contributed by atoms with E-state index in [1.165, 1.54) is 7.11 Å². The summed E-state index contributed by atoms with van der Waals surface area (Å²) in [6.07, 6.45) is 6.33. The van der Waals surface area contributed by atoms with Gasteiger partial charge in [-0.05, 0) is 36.1 Å². The third-order valence-electron chi connectivity index (χ3n) is 4.79. The molecule has 0 saturated carbocycles. The highest BCUT2D eigenvalue weighted by atomic mass is 16.5. The molecular formula is C25H30N2O4. The minimum Gasteiger partial charge on any atom is -0.467 e. The van der Waals surface area contributed by atoms with Crippen LogP contribution in [0.3, 0.4) is 0 Å². The Morgan fingerprint density at radius 3 is 2.48 bits per heavy atom. The fourth-order valence-corrected chi connectivity index (χ4v) is 3.02. The number of methoxy groups -OCH3 is 1. The molecule has 0 spiro atoms. The lowest BCUT2D eigenvalue weighted by Crippen LogP contribution is -2.43. The molecule has 2 aromatic rings. The Morgan fingerprint density at radius 1 is 1.06 bits per heavy atom. The first-order valence-corrected chi connectivity index (χ1v) is 10.3. The van der Waals surface area contributed by atoms with E-state index in [-0.39, 0.29) is 11.8 Å². The van der Waals surface area contributed by atoms with Crippen molar-refractivity contribution in [3.05, 3.63) is 77.4 Å². The third-order valence-corrected chi connectivity index (χ3v) is 4.79. The van der Waals surface area contributed by atoms with E-state index in [9.17, 15) is 14.4 Å². The van der Waals surface area contributed by atoms with Gasteiger partial charge in [-0.15, -0.1) is 0 Å². The van der Waals surface area contributed by atoms with Crippen LogP contribution in [-0.4, -0.2) is 49.9 Å². The van der Waals surface area contributed by atoms with Gasteiger partial charge in [0.2, 0.25) is 5.91 Å². The molecule has 0 radical (unpaired) electrons. The SMILES string of the molecule is COC(=O)C(Cc1ccccc1)NC(=O)c1cccc(/C=C\CCCC(=O)N(C)C)c1. The highest BCUT2D eigenvalue weighted by Gasteiger charge is 2.22. The summed E-state index contributed by atoms with van der Waals surface area (Å²) in [6, 6.07) is 15.9. The molecule has 2 amide bonds. The first-order chi connectivity index (χ1) is 14.9. The van der Waals surface area contributed by atoms with E-state index < -0.39 is 12.0 Å². The van der Waals surface area contributed by atoms with Crippen molar-refractivity contribution in [1.29, 1.82) is 0 Å². The van der Waals surface area contributed by atoms with E-state index in [1.54, 1.807) is 37.2 Å². The Morgan fingerprint density at radius 2 is 1.81 bits per heavy atom. The highest BCUT2D eigenvalue weighted by molar-refractivity contribution is 5.97. The number of nitrogens with zero attached hydrogens (tertiary/aromatic N) is 1. The fourth-order valence-electron chi connectivity index (χ4n) is 3.02. The van der Waals surface area contributed by atoms with Crippen LogP contribution in [0.4, 0.5) is 0 Å². The minimum absolute atomic E-state index is 0.114. The molecule has 2 aromatic carbocycles. The Kier molecular flexibility index (Phi) is 9.49. The van der Waals surface area contributed by atoms with E-state index in [0.717, 1.165) is 24.0 Å². The van der Waals surface area contributed by atoms with Gasteiger partial charge in [-0.3, -0.25) is 9.59 Å². The lowest BCUT2D eigenvalue weighted by atomic mass is 10.0. The van der Waals surface area contributed by atoms with Crippen LogP contribution in [0.2, 0.25) is 0 Å². The average molecular weight is 423 g/mol. The molecule has 6 nitrogen and oxygen atoms in total. The van der Waals surface area contributed by atoms with Crippen molar-refractivity contribution in [2.24, 2.45) is 0 Å². The van der Waals surface area contributed by atoms with Gasteiger partial charge in [0.05, 0.1) is 7.11 Å². The van der Waals surface area contributed by atoms with Crippen LogP contribution >= 0.6 is 0 Å². The molecule has 0 bridgehead atoms. The molecule has 1 N–H and O–H groups in total. The Labute approximate surface area is 183 Å². The molecular weight excluding hydrogens is 392 g/mol. The van der Waals surface area contributed by atoms with E-state index in [2.05, 4.69) is 5.32 Å². The maximum Gasteiger partial charge on any atom is 0.328 e. The smallest absolute Gasteiger partial charge is 0.328 e. The molecule has 31 heavy (non-hydrogen) atoms. The standard InChI is InChI=1S/C25H30N2O4/c1-27(2)23(28)16-9-5-8-11-19-14-10-15-21(17-19)24(29)26-22(25(30)31-3)18-20-12-6-4-7-13-20/h4,6-8,10-15,17,22H,5,9,16,18H2,1-3H3,(H,26,29)/b11-8-. The molecule has 0 aliphatic carbocycles. The van der Waals surface area contributed by atoms with E-state index in [1.807, 2.05) is 48.6 Å². The number of esters is 1. The number of carbonyl (C=O) groups is 3. The van der Waals surface area contributed by atoms with Gasteiger partial charge in [0, 0.05) is 32.5 Å². The summed E-state index contributed by atoms with van der Waals surface area (Å²) in [5, 5.41) is 2.78. The van der Waals surface area contributed by atoms with Crippen LogP contribution in [0.1, 0.15) is 40.7 Å². The molecule has 0 fully saturated rings. The van der Waals surface area contributed by atoms with Crippen molar-refractivity contribution in [1.82, 2.24) is 10.2 Å². The van der Waals surface area contributed by atoms with Gasteiger partial charge in [0.15, 0.2) is 0 Å². The normalized spacial score (nSPS) is 11.7. The summed E-state index contributed by atoms with van der Waals surface area (Å²) >= 11 is 0. The number of amides is 2. The second-order valence-electron chi connectivity index (χ2n) is 7.45. The number of rotatable bonds is 10. The minimum atomic E-state index is -0.770. The second kappa shape index (κ2) is 12.3. The summed E-state index contributed by atoms with van der Waals surface area (Å²) in [5.41, 5.74) is 2.28. The van der Waals surface area contributed by atoms with E-state index >= 15 is 0 Å². The number of hydrogen-bond acceptors (Lipinski definition) is 4. The van der Waals surface area contributed by atoms with Crippen LogP contribution in [0, 0.1) is 0 Å². The molecule has 2 rings (SSSR count). The number of ether oxygens (including phenoxy) is 1. The predicted octanol–water partition coefficient (Wildman–Crippen LogP) is 3.47. The number of nitrogens with one attached hydrogen (secondary N) is 1. The maximum atomic E-state index is 12.7. The molecule has 0 heterocycles. The van der Waals surface area contributed by atoms with Crippen molar-refractivity contribution in [3.8, 4) is 0 Å². The molecule has 1 atom stereocenters. The zero-order valence-corrected chi connectivity index (χ0v) is 18.3. The molecule has 164 valence electrons. The molecule has 0 saturated heterocycles. The quantitative estimate of drug-likeness (QED) is 0.470. The maximum absolute atomic E-state index is 12.7. The summed E-state index contributed by atoms with van der Waals surface area (Å²) in [4.78, 5) is 38.1. The summed E-state index contributed by atoms with van der Waals surface area (Å²) in [6.45, 7) is 0. The Bertz CT molecular complexity index is 907. The number of allylic oxidation sites excluding steroid dienone is 1. The summed E-state index contributed by atoms with van der Waals surface area (Å²) in [5.74, 6) is -0.707. The van der Waals surface area contributed by atoms with Gasteiger partial charge in [-0.1, -0.05) is 54.6 Å². The zero-order chi connectivity index (χ0) is 22.6. The Balaban J connectivity index is 1.98. The van der Waals surface area contributed by atoms with Crippen LogP contribution < -0.4 is 5.32 Å². The van der Waals surface area contributed by atoms with Gasteiger partial charge in [-0.2, -0.15) is 0 Å². The number of benzene rings is 2. The first kappa shape index (κ1) is 23.9. The molecule has 0 aliphatic heterocycles. The van der Waals surface area contributed by atoms with Gasteiger partial charge >= 0.3 is 5.97 Å². The predicted molar refractivity (Wildman–Crippen MR) is 121 cm³/mol. The molecule has 6 heteroatoms. The number of unbranched alkanes of at least 4 members (excludes halogenated alkanes) is 1. The van der Waals surface area contributed by atoms with Crippen molar-refractivity contribution in [2.75, 3.05) is 21.2 Å². The molecule has 0 aromatic heterocycles. The lowest BCUT2D eigenvalue weighted by Gasteiger charge is -2.17. The van der Waals surface area contributed by atoms with E-state index in [0.29, 0.717) is 18.4 Å². The largest absolute Gasteiger partial charge is 0.467 e. The highest BCUT2D eigenvalue weighted by Crippen LogP contribution is 2.11. The molecule has 0 aliphatic rings.